The van der Waals surface area contributed by atoms with Gasteiger partial charge in [0.25, 0.3) is 0 Å². The first-order valence-corrected chi connectivity index (χ1v) is 12.3. The summed E-state index contributed by atoms with van der Waals surface area (Å²) in [6, 6.07) is 9.74. The molecule has 2 heterocycles. The summed E-state index contributed by atoms with van der Waals surface area (Å²) in [7, 11) is -3.69. The summed E-state index contributed by atoms with van der Waals surface area (Å²) < 4.78 is 33.9. The van der Waals surface area contributed by atoms with Crippen LogP contribution in [-0.2, 0) is 21.2 Å². The standard InChI is InChI=1S/C20H27N3O4S2/c1-28-18-6-2-15(3-7-18)8-11-23-29(25,26)20-13-21-10-9-19(20)22-12-16-4-5-17(14-24)27-16/h2-3,6-7,9-10,13,16-17,23-24H,4-5,8,11-12,14H2,1H3,(H,21,22)/t16-,17+/m0/s1. The van der Waals surface area contributed by atoms with Crippen molar-refractivity contribution in [1.29, 1.82) is 0 Å². The number of aromatic nitrogens is 1. The van der Waals surface area contributed by atoms with Crippen LogP contribution >= 0.6 is 11.8 Å². The average molecular weight is 438 g/mol. The third-order valence-corrected chi connectivity index (χ3v) is 7.09. The molecule has 1 aliphatic rings. The van der Waals surface area contributed by atoms with Crippen molar-refractivity contribution in [1.82, 2.24) is 9.71 Å². The van der Waals surface area contributed by atoms with Gasteiger partial charge in [0.05, 0.1) is 24.5 Å². The zero-order valence-electron chi connectivity index (χ0n) is 16.4. The van der Waals surface area contributed by atoms with Crippen LogP contribution in [0.15, 0.2) is 52.5 Å². The molecular weight excluding hydrogens is 410 g/mol. The van der Waals surface area contributed by atoms with Crippen molar-refractivity contribution < 1.29 is 18.3 Å². The number of nitrogens with zero attached hydrogens (tertiary/aromatic N) is 1. The van der Waals surface area contributed by atoms with E-state index >= 15 is 0 Å². The maximum Gasteiger partial charge on any atom is 0.244 e. The van der Waals surface area contributed by atoms with Crippen molar-refractivity contribution in [2.24, 2.45) is 0 Å². The molecule has 0 unspecified atom stereocenters. The summed E-state index contributed by atoms with van der Waals surface area (Å²) in [5.41, 5.74) is 1.57. The topological polar surface area (TPSA) is 101 Å². The molecule has 0 spiro atoms. The minimum atomic E-state index is -3.69. The number of hydrogen-bond acceptors (Lipinski definition) is 7. The number of nitrogens with one attached hydrogen (secondary N) is 2. The largest absolute Gasteiger partial charge is 0.394 e. The molecule has 1 aromatic carbocycles. The highest BCUT2D eigenvalue weighted by Gasteiger charge is 2.25. The first kappa shape index (κ1) is 22.0. The van der Waals surface area contributed by atoms with Gasteiger partial charge in [-0.05, 0) is 49.3 Å². The Hall–Kier alpha value is -1.65. The number of pyridine rings is 1. The third-order valence-electron chi connectivity index (χ3n) is 4.86. The highest BCUT2D eigenvalue weighted by atomic mass is 32.2. The van der Waals surface area contributed by atoms with Crippen molar-refractivity contribution in [3.05, 3.63) is 48.3 Å². The summed E-state index contributed by atoms with van der Waals surface area (Å²) in [5.74, 6) is 0. The first-order valence-electron chi connectivity index (χ1n) is 9.58. The number of ether oxygens (including phenoxy) is 1. The third kappa shape index (κ3) is 6.16. The molecule has 3 rings (SSSR count). The van der Waals surface area contributed by atoms with Crippen molar-refractivity contribution in [3.63, 3.8) is 0 Å². The number of rotatable bonds is 10. The summed E-state index contributed by atoms with van der Waals surface area (Å²) in [6.07, 6.45) is 7.00. The minimum Gasteiger partial charge on any atom is -0.394 e. The van der Waals surface area contributed by atoms with Gasteiger partial charge < -0.3 is 15.2 Å². The van der Waals surface area contributed by atoms with Crippen LogP contribution in [0.25, 0.3) is 0 Å². The molecule has 1 fully saturated rings. The molecule has 9 heteroatoms. The predicted molar refractivity (Wildman–Crippen MR) is 115 cm³/mol. The number of benzene rings is 1. The molecule has 29 heavy (non-hydrogen) atoms. The van der Waals surface area contributed by atoms with Crippen LogP contribution in [0.4, 0.5) is 5.69 Å². The molecule has 1 aromatic heterocycles. The second-order valence-electron chi connectivity index (χ2n) is 6.89. The van der Waals surface area contributed by atoms with Crippen LogP contribution in [0.5, 0.6) is 0 Å². The first-order chi connectivity index (χ1) is 14.0. The fourth-order valence-corrected chi connectivity index (χ4v) is 4.79. The van der Waals surface area contributed by atoms with Gasteiger partial charge in [-0.15, -0.1) is 11.8 Å². The number of thioether (sulfide) groups is 1. The minimum absolute atomic E-state index is 0.00924. The Bertz CT molecular complexity index is 891. The Morgan fingerprint density at radius 3 is 2.66 bits per heavy atom. The number of anilines is 1. The van der Waals surface area contributed by atoms with Gasteiger partial charge in [-0.3, -0.25) is 4.98 Å². The van der Waals surface area contributed by atoms with E-state index in [0.29, 0.717) is 25.2 Å². The summed E-state index contributed by atoms with van der Waals surface area (Å²) in [6.45, 7) is 0.791. The Morgan fingerprint density at radius 2 is 1.97 bits per heavy atom. The van der Waals surface area contributed by atoms with Crippen LogP contribution in [0.2, 0.25) is 0 Å². The van der Waals surface area contributed by atoms with Crippen LogP contribution in [0.3, 0.4) is 0 Å². The van der Waals surface area contributed by atoms with Crippen molar-refractivity contribution in [3.8, 4) is 0 Å². The molecule has 2 atom stereocenters. The number of aliphatic hydroxyl groups is 1. The monoisotopic (exact) mass is 437 g/mol. The molecule has 2 aromatic rings. The number of aliphatic hydroxyl groups excluding tert-OH is 1. The van der Waals surface area contributed by atoms with E-state index in [1.165, 1.54) is 11.1 Å². The van der Waals surface area contributed by atoms with E-state index in [1.54, 1.807) is 24.0 Å². The zero-order valence-corrected chi connectivity index (χ0v) is 18.0. The lowest BCUT2D eigenvalue weighted by Crippen LogP contribution is -2.28. The van der Waals surface area contributed by atoms with E-state index in [9.17, 15) is 8.42 Å². The second kappa shape index (κ2) is 10.4. The van der Waals surface area contributed by atoms with E-state index < -0.39 is 10.0 Å². The fraction of sp³-hybridized carbons (Fsp3) is 0.450. The van der Waals surface area contributed by atoms with E-state index in [-0.39, 0.29) is 23.7 Å². The van der Waals surface area contributed by atoms with E-state index in [0.717, 1.165) is 18.4 Å². The van der Waals surface area contributed by atoms with E-state index in [1.807, 2.05) is 30.5 Å². The van der Waals surface area contributed by atoms with Crippen molar-refractivity contribution >= 4 is 27.5 Å². The second-order valence-corrected chi connectivity index (χ2v) is 9.50. The van der Waals surface area contributed by atoms with Gasteiger partial charge in [-0.25, -0.2) is 13.1 Å². The maximum absolute atomic E-state index is 12.8. The van der Waals surface area contributed by atoms with Gasteiger partial charge in [-0.1, -0.05) is 12.1 Å². The smallest absolute Gasteiger partial charge is 0.244 e. The van der Waals surface area contributed by atoms with E-state index in [4.69, 9.17) is 9.84 Å². The molecular formula is C20H27N3O4S2. The Morgan fingerprint density at radius 1 is 1.21 bits per heavy atom. The Kier molecular flexibility index (Phi) is 7.91. The lowest BCUT2D eigenvalue weighted by Gasteiger charge is -2.16. The highest BCUT2D eigenvalue weighted by Crippen LogP contribution is 2.23. The molecule has 0 aliphatic carbocycles. The molecule has 3 N–H and O–H groups in total. The zero-order chi connectivity index (χ0) is 20.7. The van der Waals surface area contributed by atoms with Gasteiger partial charge in [-0.2, -0.15) is 0 Å². The summed E-state index contributed by atoms with van der Waals surface area (Å²) in [5, 5.41) is 12.3. The molecule has 1 aliphatic heterocycles. The highest BCUT2D eigenvalue weighted by molar-refractivity contribution is 7.98. The van der Waals surface area contributed by atoms with Crippen molar-refractivity contribution in [2.45, 2.75) is 41.3 Å². The SMILES string of the molecule is CSc1ccc(CCNS(=O)(=O)c2cnccc2NC[C@@H]2CC[C@H](CO)O2)cc1. The summed E-state index contributed by atoms with van der Waals surface area (Å²) >= 11 is 1.67. The Labute approximate surface area is 176 Å². The van der Waals surface area contributed by atoms with Gasteiger partial charge in [0.15, 0.2) is 0 Å². The number of sulfonamides is 1. The van der Waals surface area contributed by atoms with Crippen LogP contribution in [0, 0.1) is 0 Å². The van der Waals surface area contributed by atoms with Gasteiger partial charge in [0.1, 0.15) is 4.90 Å². The molecule has 1 saturated heterocycles. The average Bonchev–Trinajstić information content (AvgIpc) is 3.21. The van der Waals surface area contributed by atoms with Gasteiger partial charge in [0.2, 0.25) is 10.0 Å². The molecule has 0 radical (unpaired) electrons. The molecule has 0 bridgehead atoms. The van der Waals surface area contributed by atoms with Gasteiger partial charge >= 0.3 is 0 Å². The predicted octanol–water partition coefficient (Wildman–Crippen LogP) is 2.28. The summed E-state index contributed by atoms with van der Waals surface area (Å²) in [4.78, 5) is 5.27. The normalized spacial score (nSPS) is 19.4. The fourth-order valence-electron chi connectivity index (χ4n) is 3.23. The van der Waals surface area contributed by atoms with Crippen LogP contribution < -0.4 is 10.0 Å². The lowest BCUT2D eigenvalue weighted by molar-refractivity contribution is 0.0174. The quantitative estimate of drug-likeness (QED) is 0.490. The van der Waals surface area contributed by atoms with Crippen molar-refractivity contribution in [2.75, 3.05) is 31.3 Å². The number of hydrogen-bond donors (Lipinski definition) is 3. The van der Waals surface area contributed by atoms with Gasteiger partial charge in [0, 0.05) is 30.4 Å². The molecule has 158 valence electrons. The molecule has 0 amide bonds. The van der Waals surface area contributed by atoms with E-state index in [2.05, 4.69) is 15.0 Å². The van der Waals surface area contributed by atoms with Crippen LogP contribution in [-0.4, -0.2) is 56.7 Å². The molecule has 7 nitrogen and oxygen atoms in total. The van der Waals surface area contributed by atoms with Crippen LogP contribution in [0.1, 0.15) is 18.4 Å². The maximum atomic E-state index is 12.8. The Balaban J connectivity index is 1.58. The lowest BCUT2D eigenvalue weighted by atomic mass is 10.2. The molecule has 0 saturated carbocycles.